The van der Waals surface area contributed by atoms with E-state index < -0.39 is 6.04 Å². The Morgan fingerprint density at radius 1 is 1.53 bits per heavy atom. The third-order valence-electron chi connectivity index (χ3n) is 2.25. The molecule has 0 saturated heterocycles. The zero-order valence-electron chi connectivity index (χ0n) is 9.84. The van der Waals surface area contributed by atoms with E-state index in [4.69, 9.17) is 17.3 Å². The minimum Gasteiger partial charge on any atom is -0.325 e. The molecule has 17 heavy (non-hydrogen) atoms. The lowest BCUT2D eigenvalue weighted by Crippen LogP contribution is -2.36. The molecule has 0 aromatic heterocycles. The van der Waals surface area contributed by atoms with Crippen molar-refractivity contribution in [3.05, 3.63) is 27.7 Å². The van der Waals surface area contributed by atoms with Crippen LogP contribution in [0.4, 0.5) is 5.69 Å². The lowest BCUT2D eigenvalue weighted by Gasteiger charge is -2.14. The highest BCUT2D eigenvalue weighted by molar-refractivity contribution is 9.10. The van der Waals surface area contributed by atoms with Gasteiger partial charge in [-0.1, -0.05) is 25.4 Å². The molecule has 3 N–H and O–H groups in total. The van der Waals surface area contributed by atoms with Gasteiger partial charge in [-0.15, -0.1) is 0 Å². The van der Waals surface area contributed by atoms with Gasteiger partial charge in [0.25, 0.3) is 0 Å². The van der Waals surface area contributed by atoms with Crippen molar-refractivity contribution in [2.45, 2.75) is 26.3 Å². The predicted molar refractivity (Wildman–Crippen MR) is 75.2 cm³/mol. The summed E-state index contributed by atoms with van der Waals surface area (Å²) in [5.74, 6) is 0.223. The number of anilines is 1. The molecule has 0 bridgehead atoms. The van der Waals surface area contributed by atoms with Gasteiger partial charge in [-0.25, -0.2) is 0 Å². The van der Waals surface area contributed by atoms with Crippen molar-refractivity contribution in [2.75, 3.05) is 5.32 Å². The van der Waals surface area contributed by atoms with E-state index in [1.807, 2.05) is 13.8 Å². The van der Waals surface area contributed by atoms with Gasteiger partial charge >= 0.3 is 0 Å². The fourth-order valence-corrected chi connectivity index (χ4v) is 1.92. The number of nitrogens with one attached hydrogen (secondary N) is 1. The third-order valence-corrected chi connectivity index (χ3v) is 3.46. The summed E-state index contributed by atoms with van der Waals surface area (Å²) in [6.45, 7) is 4.07. The van der Waals surface area contributed by atoms with Crippen LogP contribution in [0.5, 0.6) is 0 Å². The Hall–Kier alpha value is -0.580. The van der Waals surface area contributed by atoms with Gasteiger partial charge in [0.05, 0.1) is 11.1 Å². The summed E-state index contributed by atoms with van der Waals surface area (Å²) in [6, 6.07) is 4.73. The van der Waals surface area contributed by atoms with Crippen molar-refractivity contribution in [1.29, 1.82) is 0 Å². The number of nitrogens with two attached hydrogens (primary N) is 1. The number of rotatable bonds is 4. The predicted octanol–water partition coefficient (Wildman–Crippen LogP) is 3.41. The number of halogens is 2. The second kappa shape index (κ2) is 6.38. The Labute approximate surface area is 115 Å². The van der Waals surface area contributed by atoms with Gasteiger partial charge in [0.1, 0.15) is 0 Å². The van der Waals surface area contributed by atoms with E-state index in [9.17, 15) is 4.79 Å². The molecular formula is C12H16BrClN2O. The quantitative estimate of drug-likeness (QED) is 0.893. The molecule has 3 nitrogen and oxygen atoms in total. The number of carbonyl (C=O) groups is 1. The highest BCUT2D eigenvalue weighted by Gasteiger charge is 2.15. The first-order chi connectivity index (χ1) is 7.90. The van der Waals surface area contributed by atoms with Crippen LogP contribution in [-0.2, 0) is 4.79 Å². The fourth-order valence-electron chi connectivity index (χ4n) is 1.42. The van der Waals surface area contributed by atoms with E-state index >= 15 is 0 Å². The van der Waals surface area contributed by atoms with E-state index in [0.29, 0.717) is 23.0 Å². The van der Waals surface area contributed by atoms with Crippen LogP contribution in [0, 0.1) is 5.92 Å². The zero-order chi connectivity index (χ0) is 13.0. The Bertz CT molecular complexity index is 409. The van der Waals surface area contributed by atoms with Crippen LogP contribution in [0.15, 0.2) is 22.7 Å². The summed E-state index contributed by atoms with van der Waals surface area (Å²) in [5.41, 5.74) is 6.47. The van der Waals surface area contributed by atoms with Crippen molar-refractivity contribution in [3.63, 3.8) is 0 Å². The second-order valence-corrected chi connectivity index (χ2v) is 5.62. The molecule has 0 spiro atoms. The van der Waals surface area contributed by atoms with E-state index in [2.05, 4.69) is 21.2 Å². The number of hydrogen-bond acceptors (Lipinski definition) is 2. The lowest BCUT2D eigenvalue weighted by atomic mass is 10.0. The molecule has 0 fully saturated rings. The van der Waals surface area contributed by atoms with Crippen LogP contribution in [0.2, 0.25) is 5.02 Å². The minimum atomic E-state index is -0.482. The normalized spacial score (nSPS) is 12.6. The highest BCUT2D eigenvalue weighted by atomic mass is 79.9. The molecule has 1 aromatic rings. The third kappa shape index (κ3) is 4.66. The minimum absolute atomic E-state index is 0.173. The average molecular weight is 320 g/mol. The molecule has 94 valence electrons. The molecule has 1 amide bonds. The molecule has 1 rings (SSSR count). The van der Waals surface area contributed by atoms with Gasteiger partial charge in [0, 0.05) is 10.2 Å². The SMILES string of the molecule is CC(C)C[C@@H](N)C(=O)Nc1ccc(Cl)c(Br)c1. The number of benzene rings is 1. The molecule has 1 atom stereocenters. The summed E-state index contributed by atoms with van der Waals surface area (Å²) >= 11 is 9.16. The molecule has 1 aromatic carbocycles. The van der Waals surface area contributed by atoms with Crippen LogP contribution in [0.25, 0.3) is 0 Å². The second-order valence-electron chi connectivity index (χ2n) is 4.35. The molecule has 0 aliphatic carbocycles. The van der Waals surface area contributed by atoms with Crippen LogP contribution in [-0.4, -0.2) is 11.9 Å². The largest absolute Gasteiger partial charge is 0.325 e. The Balaban J connectivity index is 2.64. The van der Waals surface area contributed by atoms with E-state index in [0.717, 1.165) is 4.47 Å². The van der Waals surface area contributed by atoms with Crippen LogP contribution >= 0.6 is 27.5 Å². The van der Waals surface area contributed by atoms with E-state index in [1.165, 1.54) is 0 Å². The van der Waals surface area contributed by atoms with Gasteiger partial charge in [-0.2, -0.15) is 0 Å². The smallest absolute Gasteiger partial charge is 0.241 e. The molecule has 0 unspecified atom stereocenters. The lowest BCUT2D eigenvalue weighted by molar-refractivity contribution is -0.117. The number of amides is 1. The maximum atomic E-state index is 11.8. The van der Waals surface area contributed by atoms with Crippen molar-refractivity contribution in [2.24, 2.45) is 11.7 Å². The topological polar surface area (TPSA) is 55.1 Å². The fraction of sp³-hybridized carbons (Fsp3) is 0.417. The molecule has 0 heterocycles. The van der Waals surface area contributed by atoms with E-state index in [-0.39, 0.29) is 5.91 Å². The molecular weight excluding hydrogens is 304 g/mol. The van der Waals surface area contributed by atoms with E-state index in [1.54, 1.807) is 18.2 Å². The first kappa shape index (κ1) is 14.5. The van der Waals surface area contributed by atoms with Crippen molar-refractivity contribution >= 4 is 39.1 Å². The maximum absolute atomic E-state index is 11.8. The van der Waals surface area contributed by atoms with Crippen LogP contribution < -0.4 is 11.1 Å². The summed E-state index contributed by atoms with van der Waals surface area (Å²) in [6.07, 6.45) is 0.667. The maximum Gasteiger partial charge on any atom is 0.241 e. The van der Waals surface area contributed by atoms with Gasteiger partial charge in [0.15, 0.2) is 0 Å². The van der Waals surface area contributed by atoms with Crippen molar-refractivity contribution in [3.8, 4) is 0 Å². The van der Waals surface area contributed by atoms with Crippen LogP contribution in [0.1, 0.15) is 20.3 Å². The van der Waals surface area contributed by atoms with Gasteiger partial charge in [-0.05, 0) is 46.5 Å². The molecule has 0 saturated carbocycles. The Kier molecular flexibility index (Phi) is 5.43. The van der Waals surface area contributed by atoms with Gasteiger partial charge in [0.2, 0.25) is 5.91 Å². The van der Waals surface area contributed by atoms with Gasteiger partial charge in [-0.3, -0.25) is 4.79 Å². The van der Waals surface area contributed by atoms with Gasteiger partial charge < -0.3 is 11.1 Å². The van der Waals surface area contributed by atoms with Crippen LogP contribution in [0.3, 0.4) is 0 Å². The van der Waals surface area contributed by atoms with Crippen molar-refractivity contribution in [1.82, 2.24) is 0 Å². The molecule has 5 heteroatoms. The first-order valence-electron chi connectivity index (χ1n) is 5.41. The standard InChI is InChI=1S/C12H16BrClN2O/c1-7(2)5-11(15)12(17)16-8-3-4-10(14)9(13)6-8/h3-4,6-7,11H,5,15H2,1-2H3,(H,16,17)/t11-/m1/s1. The Morgan fingerprint density at radius 2 is 2.18 bits per heavy atom. The summed E-state index contributed by atoms with van der Waals surface area (Å²) in [4.78, 5) is 11.8. The molecule has 0 aliphatic heterocycles. The highest BCUT2D eigenvalue weighted by Crippen LogP contribution is 2.25. The summed E-state index contributed by atoms with van der Waals surface area (Å²) in [7, 11) is 0. The molecule has 0 radical (unpaired) electrons. The first-order valence-corrected chi connectivity index (χ1v) is 6.58. The summed E-state index contributed by atoms with van der Waals surface area (Å²) < 4.78 is 0.745. The number of carbonyl (C=O) groups excluding carboxylic acids is 1. The summed E-state index contributed by atoms with van der Waals surface area (Å²) in [5, 5.41) is 3.37. The average Bonchev–Trinajstić information content (AvgIpc) is 2.22. The van der Waals surface area contributed by atoms with Crippen molar-refractivity contribution < 1.29 is 4.79 Å². The molecule has 0 aliphatic rings. The Morgan fingerprint density at radius 3 is 2.71 bits per heavy atom. The number of hydrogen-bond donors (Lipinski definition) is 2. The monoisotopic (exact) mass is 318 g/mol. The zero-order valence-corrected chi connectivity index (χ0v) is 12.2.